The Morgan fingerprint density at radius 3 is 2.50 bits per heavy atom. The third-order valence-electron chi connectivity index (χ3n) is 5.87. The summed E-state index contributed by atoms with van der Waals surface area (Å²) in [5.41, 5.74) is 1.64. The van der Waals surface area contributed by atoms with Crippen molar-refractivity contribution in [1.82, 2.24) is 19.4 Å². The van der Waals surface area contributed by atoms with E-state index in [0.717, 1.165) is 34.4 Å². The van der Waals surface area contributed by atoms with Gasteiger partial charge in [0.05, 0.1) is 21.1 Å². The molecule has 0 atom stereocenters. The molecule has 2 aromatic carbocycles. The third-order valence-corrected chi connectivity index (χ3v) is 6.90. The SMILES string of the molecule is Cc1nc2ccccc2c(=O)n1CC1CCN(C(=O)c2nc3ccccc3s2)CC1. The number of aromatic nitrogens is 3. The molecule has 0 aliphatic carbocycles. The topological polar surface area (TPSA) is 68.1 Å². The van der Waals surface area contributed by atoms with Gasteiger partial charge in [-0.15, -0.1) is 11.3 Å². The van der Waals surface area contributed by atoms with Crippen LogP contribution in [0.25, 0.3) is 21.1 Å². The molecule has 0 N–H and O–H groups in total. The summed E-state index contributed by atoms with van der Waals surface area (Å²) >= 11 is 1.45. The van der Waals surface area contributed by atoms with Crippen molar-refractivity contribution in [2.45, 2.75) is 26.3 Å². The Kier molecular flexibility index (Phi) is 4.83. The fourth-order valence-corrected chi connectivity index (χ4v) is 5.10. The van der Waals surface area contributed by atoms with Crippen molar-refractivity contribution in [3.05, 3.63) is 69.7 Å². The molecule has 6 nitrogen and oxygen atoms in total. The third kappa shape index (κ3) is 3.39. The molecule has 0 unspecified atom stereocenters. The highest BCUT2D eigenvalue weighted by molar-refractivity contribution is 7.20. The minimum Gasteiger partial charge on any atom is -0.337 e. The van der Waals surface area contributed by atoms with Crippen LogP contribution in [0.2, 0.25) is 0 Å². The van der Waals surface area contributed by atoms with Crippen LogP contribution >= 0.6 is 11.3 Å². The van der Waals surface area contributed by atoms with E-state index in [0.29, 0.717) is 35.9 Å². The van der Waals surface area contributed by atoms with Gasteiger partial charge in [0, 0.05) is 19.6 Å². The van der Waals surface area contributed by atoms with Gasteiger partial charge in [0.2, 0.25) is 0 Å². The maximum absolute atomic E-state index is 12.9. The number of rotatable bonds is 3. The molecular weight excluding hydrogens is 396 g/mol. The molecule has 0 radical (unpaired) electrons. The summed E-state index contributed by atoms with van der Waals surface area (Å²) in [4.78, 5) is 36.8. The van der Waals surface area contributed by atoms with Gasteiger partial charge in [-0.05, 0) is 49.9 Å². The van der Waals surface area contributed by atoms with Crippen LogP contribution in [-0.4, -0.2) is 38.4 Å². The van der Waals surface area contributed by atoms with E-state index in [2.05, 4.69) is 9.97 Å². The highest BCUT2D eigenvalue weighted by atomic mass is 32.1. The Labute approximate surface area is 177 Å². The first-order chi connectivity index (χ1) is 14.6. The lowest BCUT2D eigenvalue weighted by Crippen LogP contribution is -2.40. The van der Waals surface area contributed by atoms with E-state index in [-0.39, 0.29) is 11.5 Å². The van der Waals surface area contributed by atoms with Gasteiger partial charge in [0.25, 0.3) is 11.5 Å². The van der Waals surface area contributed by atoms with Gasteiger partial charge in [-0.1, -0.05) is 24.3 Å². The summed E-state index contributed by atoms with van der Waals surface area (Å²) < 4.78 is 2.83. The molecule has 0 bridgehead atoms. The first-order valence-electron chi connectivity index (χ1n) is 10.2. The number of piperidine rings is 1. The van der Waals surface area contributed by atoms with Crippen LogP contribution in [0.1, 0.15) is 28.5 Å². The van der Waals surface area contributed by atoms with Gasteiger partial charge in [0.15, 0.2) is 5.01 Å². The number of hydrogen-bond acceptors (Lipinski definition) is 5. The number of nitrogens with zero attached hydrogens (tertiary/aromatic N) is 4. The number of hydrogen-bond donors (Lipinski definition) is 0. The summed E-state index contributed by atoms with van der Waals surface area (Å²) in [7, 11) is 0. The zero-order valence-corrected chi connectivity index (χ0v) is 17.6. The number of aryl methyl sites for hydroxylation is 1. The van der Waals surface area contributed by atoms with Crippen molar-refractivity contribution < 1.29 is 4.79 Å². The average Bonchev–Trinajstić information content (AvgIpc) is 3.21. The smallest absolute Gasteiger partial charge is 0.282 e. The molecule has 1 fully saturated rings. The zero-order chi connectivity index (χ0) is 20.7. The number of amides is 1. The standard InChI is InChI=1S/C23H22N4O2S/c1-15-24-18-7-3-2-6-17(18)22(28)27(15)14-16-10-12-26(13-11-16)23(29)21-25-19-8-4-5-9-20(19)30-21/h2-9,16H,10-14H2,1H3. The highest BCUT2D eigenvalue weighted by Gasteiger charge is 2.26. The van der Waals surface area contributed by atoms with Crippen LogP contribution in [0, 0.1) is 12.8 Å². The van der Waals surface area contributed by atoms with Crippen molar-refractivity contribution in [2.75, 3.05) is 13.1 Å². The number of para-hydroxylation sites is 2. The molecule has 0 saturated carbocycles. The molecule has 1 aliphatic rings. The minimum atomic E-state index is 0.00960. The number of carbonyl (C=O) groups is 1. The lowest BCUT2D eigenvalue weighted by molar-refractivity contribution is 0.0682. The average molecular weight is 419 g/mol. The molecule has 5 rings (SSSR count). The maximum atomic E-state index is 12.9. The molecule has 0 spiro atoms. The predicted molar refractivity (Wildman–Crippen MR) is 119 cm³/mol. The molecule has 30 heavy (non-hydrogen) atoms. The first-order valence-corrected chi connectivity index (χ1v) is 11.0. The lowest BCUT2D eigenvalue weighted by atomic mass is 9.96. The zero-order valence-electron chi connectivity index (χ0n) is 16.7. The fourth-order valence-electron chi connectivity index (χ4n) is 4.17. The van der Waals surface area contributed by atoms with Gasteiger partial charge >= 0.3 is 0 Å². The predicted octanol–water partition coefficient (Wildman–Crippen LogP) is 3.87. The Morgan fingerprint density at radius 1 is 1.03 bits per heavy atom. The number of thiazole rings is 1. The van der Waals surface area contributed by atoms with E-state index in [1.807, 2.05) is 60.4 Å². The molecule has 2 aromatic heterocycles. The first kappa shape index (κ1) is 18.9. The van der Waals surface area contributed by atoms with E-state index in [4.69, 9.17) is 0 Å². The maximum Gasteiger partial charge on any atom is 0.282 e. The van der Waals surface area contributed by atoms with Gasteiger partial charge in [-0.25, -0.2) is 9.97 Å². The Hall–Kier alpha value is -3.06. The summed E-state index contributed by atoms with van der Waals surface area (Å²) in [6, 6.07) is 15.3. The number of fused-ring (bicyclic) bond motifs is 2. The lowest BCUT2D eigenvalue weighted by Gasteiger charge is -2.32. The molecule has 1 amide bonds. The molecule has 1 aliphatic heterocycles. The monoisotopic (exact) mass is 418 g/mol. The number of likely N-dealkylation sites (tertiary alicyclic amines) is 1. The van der Waals surface area contributed by atoms with Crippen LogP contribution in [0.15, 0.2) is 53.3 Å². The summed E-state index contributed by atoms with van der Waals surface area (Å²) in [5, 5.41) is 1.21. The van der Waals surface area contributed by atoms with Crippen molar-refractivity contribution >= 4 is 38.4 Å². The Morgan fingerprint density at radius 2 is 1.73 bits per heavy atom. The minimum absolute atomic E-state index is 0.00960. The van der Waals surface area contributed by atoms with Gasteiger partial charge in [0.1, 0.15) is 5.82 Å². The van der Waals surface area contributed by atoms with E-state index in [1.54, 1.807) is 4.57 Å². The quantitative estimate of drug-likeness (QED) is 0.507. The summed E-state index contributed by atoms with van der Waals surface area (Å²) in [5.74, 6) is 1.10. The molecule has 152 valence electrons. The summed E-state index contributed by atoms with van der Waals surface area (Å²) in [6.07, 6.45) is 1.74. The van der Waals surface area contributed by atoms with Gasteiger partial charge in [-0.2, -0.15) is 0 Å². The van der Waals surface area contributed by atoms with Crippen LogP contribution in [0.5, 0.6) is 0 Å². The van der Waals surface area contributed by atoms with Crippen molar-refractivity contribution in [3.8, 4) is 0 Å². The molecule has 1 saturated heterocycles. The van der Waals surface area contributed by atoms with Crippen LogP contribution in [0.3, 0.4) is 0 Å². The van der Waals surface area contributed by atoms with Crippen LogP contribution < -0.4 is 5.56 Å². The number of carbonyl (C=O) groups excluding carboxylic acids is 1. The fraction of sp³-hybridized carbons (Fsp3) is 0.304. The highest BCUT2D eigenvalue weighted by Crippen LogP contribution is 2.25. The van der Waals surface area contributed by atoms with Crippen LogP contribution in [-0.2, 0) is 6.54 Å². The molecular formula is C23H22N4O2S. The van der Waals surface area contributed by atoms with Crippen molar-refractivity contribution in [1.29, 1.82) is 0 Å². The second-order valence-electron chi connectivity index (χ2n) is 7.81. The second-order valence-corrected chi connectivity index (χ2v) is 8.84. The Balaban J connectivity index is 1.29. The van der Waals surface area contributed by atoms with Crippen molar-refractivity contribution in [2.24, 2.45) is 5.92 Å². The van der Waals surface area contributed by atoms with Gasteiger partial charge in [-0.3, -0.25) is 14.2 Å². The molecule has 4 aromatic rings. The normalized spacial score (nSPS) is 15.2. The largest absolute Gasteiger partial charge is 0.337 e. The summed E-state index contributed by atoms with van der Waals surface area (Å²) in [6.45, 7) is 3.91. The second kappa shape index (κ2) is 7.65. The van der Waals surface area contributed by atoms with Crippen molar-refractivity contribution in [3.63, 3.8) is 0 Å². The van der Waals surface area contributed by atoms with E-state index >= 15 is 0 Å². The molecule has 7 heteroatoms. The van der Waals surface area contributed by atoms with E-state index < -0.39 is 0 Å². The van der Waals surface area contributed by atoms with Gasteiger partial charge < -0.3 is 4.90 Å². The van der Waals surface area contributed by atoms with E-state index in [1.165, 1.54) is 11.3 Å². The Bertz CT molecular complexity index is 1270. The molecule has 3 heterocycles. The van der Waals surface area contributed by atoms with E-state index in [9.17, 15) is 9.59 Å². The van der Waals surface area contributed by atoms with Crippen LogP contribution in [0.4, 0.5) is 0 Å². The number of benzene rings is 2.